The summed E-state index contributed by atoms with van der Waals surface area (Å²) >= 11 is 6.83. The van der Waals surface area contributed by atoms with Crippen LogP contribution in [0.15, 0.2) is 28.0 Å². The van der Waals surface area contributed by atoms with Crippen molar-refractivity contribution in [1.29, 1.82) is 0 Å². The largest absolute Gasteiger partial charge is 0.379 e. The van der Waals surface area contributed by atoms with Crippen LogP contribution in [-0.4, -0.2) is 50.3 Å². The molecule has 1 amide bonds. The van der Waals surface area contributed by atoms with E-state index < -0.39 is 0 Å². The van der Waals surface area contributed by atoms with E-state index >= 15 is 0 Å². The molecule has 1 N–H and O–H groups in total. The van der Waals surface area contributed by atoms with Crippen molar-refractivity contribution < 1.29 is 9.53 Å². The summed E-state index contributed by atoms with van der Waals surface area (Å²) in [5, 5.41) is 3.29. The summed E-state index contributed by atoms with van der Waals surface area (Å²) in [6, 6.07) is 3.75. The Bertz CT molecular complexity index is 1180. The lowest BCUT2D eigenvalue weighted by Gasteiger charge is -2.21. The fourth-order valence-electron chi connectivity index (χ4n) is 4.09. The minimum Gasteiger partial charge on any atom is -0.379 e. The Morgan fingerprint density at radius 2 is 2.00 bits per heavy atom. The normalized spacial score (nSPS) is 16.1. The van der Waals surface area contributed by atoms with Crippen LogP contribution in [0.1, 0.15) is 70.9 Å². The van der Waals surface area contributed by atoms with Crippen molar-refractivity contribution in [1.82, 2.24) is 14.3 Å². The fourth-order valence-corrected chi connectivity index (χ4v) is 5.34. The lowest BCUT2D eigenvalue weighted by molar-refractivity contribution is -0.122. The maximum absolute atomic E-state index is 13.5. The van der Waals surface area contributed by atoms with Crippen LogP contribution in [0.5, 0.6) is 0 Å². The number of thiocarbonyl (C=S) groups is 1. The molecule has 0 aromatic carbocycles. The molecule has 1 aliphatic heterocycles. The van der Waals surface area contributed by atoms with E-state index in [-0.39, 0.29) is 17.6 Å². The van der Waals surface area contributed by atoms with Crippen LogP contribution >= 0.6 is 24.0 Å². The van der Waals surface area contributed by atoms with Crippen LogP contribution < -0.4 is 10.9 Å². The number of carbonyl (C=O) groups excluding carboxylic acids is 1. The average Bonchev–Trinajstić information content (AvgIpc) is 3.10. The van der Waals surface area contributed by atoms with Crippen molar-refractivity contribution in [3.63, 3.8) is 0 Å². The molecule has 1 saturated heterocycles. The SMILES string of the molecule is CCCCC(CC)CN1C(=O)C(=Cc2c(NCCCOC(C)C)nc3ccc(C)cn3c2=O)SC1=S. The smallest absolute Gasteiger partial charge is 0.267 e. The molecule has 3 rings (SSSR count). The van der Waals surface area contributed by atoms with Gasteiger partial charge in [-0.15, -0.1) is 0 Å². The molecule has 1 aliphatic rings. The molecule has 1 unspecified atom stereocenters. The molecule has 1 atom stereocenters. The number of nitrogens with one attached hydrogen (secondary N) is 1. The molecule has 0 radical (unpaired) electrons. The number of thioether (sulfide) groups is 1. The van der Waals surface area contributed by atoms with E-state index in [2.05, 4.69) is 19.2 Å². The number of hydrogen-bond donors (Lipinski definition) is 1. The van der Waals surface area contributed by atoms with E-state index in [1.807, 2.05) is 32.9 Å². The van der Waals surface area contributed by atoms with E-state index in [9.17, 15) is 9.59 Å². The molecule has 0 saturated carbocycles. The number of aryl methyl sites for hydroxylation is 1. The molecule has 2 aromatic heterocycles. The van der Waals surface area contributed by atoms with Gasteiger partial charge in [0.05, 0.1) is 16.6 Å². The zero-order valence-electron chi connectivity index (χ0n) is 22.0. The van der Waals surface area contributed by atoms with Crippen LogP contribution in [0.25, 0.3) is 11.7 Å². The fraction of sp³-hybridized carbons (Fsp3) is 0.556. The lowest BCUT2D eigenvalue weighted by Crippen LogP contribution is -2.33. The molecule has 0 aliphatic carbocycles. The van der Waals surface area contributed by atoms with E-state index in [4.69, 9.17) is 21.9 Å². The van der Waals surface area contributed by atoms with Crippen molar-refractivity contribution >= 4 is 51.7 Å². The van der Waals surface area contributed by atoms with Gasteiger partial charge in [0.15, 0.2) is 0 Å². The first-order chi connectivity index (χ1) is 17.2. The molecular formula is C27H38N4O3S2. The number of pyridine rings is 1. The number of nitrogens with zero attached hydrogens (tertiary/aromatic N) is 3. The van der Waals surface area contributed by atoms with E-state index in [0.29, 0.717) is 51.9 Å². The highest BCUT2D eigenvalue weighted by molar-refractivity contribution is 8.26. The minimum atomic E-state index is -0.218. The second-order valence-corrected chi connectivity index (χ2v) is 11.2. The van der Waals surface area contributed by atoms with Crippen LogP contribution in [0, 0.1) is 12.8 Å². The molecule has 0 bridgehead atoms. The topological polar surface area (TPSA) is 75.9 Å². The van der Waals surface area contributed by atoms with Gasteiger partial charge in [-0.05, 0) is 57.2 Å². The second-order valence-electron chi connectivity index (χ2n) is 9.52. The van der Waals surface area contributed by atoms with Gasteiger partial charge in [0, 0.05) is 25.9 Å². The zero-order valence-corrected chi connectivity index (χ0v) is 23.6. The lowest BCUT2D eigenvalue weighted by atomic mass is 9.99. The highest BCUT2D eigenvalue weighted by Gasteiger charge is 2.33. The van der Waals surface area contributed by atoms with Gasteiger partial charge < -0.3 is 10.1 Å². The van der Waals surface area contributed by atoms with Gasteiger partial charge >= 0.3 is 0 Å². The summed E-state index contributed by atoms with van der Waals surface area (Å²) in [6.45, 7) is 12.1. The van der Waals surface area contributed by atoms with E-state index in [1.54, 1.807) is 17.2 Å². The van der Waals surface area contributed by atoms with Crippen LogP contribution in [0.4, 0.5) is 5.82 Å². The summed E-state index contributed by atoms with van der Waals surface area (Å²) in [5.41, 5.74) is 1.65. The zero-order chi connectivity index (χ0) is 26.2. The van der Waals surface area contributed by atoms with Crippen LogP contribution in [0.2, 0.25) is 0 Å². The number of carbonyl (C=O) groups is 1. The van der Waals surface area contributed by atoms with Crippen molar-refractivity contribution in [3.8, 4) is 0 Å². The highest BCUT2D eigenvalue weighted by Crippen LogP contribution is 2.34. The number of amides is 1. The monoisotopic (exact) mass is 530 g/mol. The Morgan fingerprint density at radius 3 is 2.69 bits per heavy atom. The molecule has 7 nitrogen and oxygen atoms in total. The second kappa shape index (κ2) is 13.4. The van der Waals surface area contributed by atoms with Gasteiger partial charge in [0.2, 0.25) is 0 Å². The van der Waals surface area contributed by atoms with Gasteiger partial charge in [0.25, 0.3) is 11.5 Å². The van der Waals surface area contributed by atoms with Crippen molar-refractivity contribution in [2.75, 3.05) is 25.0 Å². The predicted molar refractivity (Wildman–Crippen MR) is 154 cm³/mol. The number of ether oxygens (including phenoxy) is 1. The first-order valence-corrected chi connectivity index (χ1v) is 14.1. The predicted octanol–water partition coefficient (Wildman–Crippen LogP) is 5.65. The quantitative estimate of drug-likeness (QED) is 0.204. The Morgan fingerprint density at radius 1 is 1.22 bits per heavy atom. The summed E-state index contributed by atoms with van der Waals surface area (Å²) in [5.74, 6) is 0.742. The number of fused-ring (bicyclic) bond motifs is 1. The Labute approximate surface area is 223 Å². The van der Waals surface area contributed by atoms with Gasteiger partial charge in [-0.1, -0.05) is 63.2 Å². The van der Waals surface area contributed by atoms with Crippen LogP contribution in [-0.2, 0) is 9.53 Å². The van der Waals surface area contributed by atoms with Gasteiger partial charge in [-0.25, -0.2) is 4.98 Å². The standard InChI is InChI=1S/C27H38N4O3S2/c1-6-8-10-20(7-2)17-31-26(33)22(36-27(31)35)15-21-24(28-13-9-14-34-18(3)4)29-23-12-11-19(5)16-30(23)25(21)32/h11-12,15-16,18,20,28H,6-10,13-14,17H2,1-5H3. The maximum Gasteiger partial charge on any atom is 0.267 e. The number of rotatable bonds is 13. The Balaban J connectivity index is 1.91. The molecule has 2 aromatic rings. The third-order valence-electron chi connectivity index (χ3n) is 6.20. The van der Waals surface area contributed by atoms with Crippen molar-refractivity contribution in [3.05, 3.63) is 44.7 Å². The minimum absolute atomic E-state index is 0.134. The summed E-state index contributed by atoms with van der Waals surface area (Å²) in [4.78, 5) is 33.7. The third kappa shape index (κ3) is 7.17. The number of aromatic nitrogens is 2. The van der Waals surface area contributed by atoms with Gasteiger partial charge in [0.1, 0.15) is 15.8 Å². The van der Waals surface area contributed by atoms with Crippen LogP contribution in [0.3, 0.4) is 0 Å². The number of anilines is 1. The number of unbranched alkanes of at least 4 members (excludes halogenated alkanes) is 1. The van der Waals surface area contributed by atoms with Crippen molar-refractivity contribution in [2.45, 2.75) is 72.8 Å². The number of hydrogen-bond acceptors (Lipinski definition) is 7. The summed E-state index contributed by atoms with van der Waals surface area (Å²) in [6.07, 6.45) is 8.71. The van der Waals surface area contributed by atoms with Crippen molar-refractivity contribution in [2.24, 2.45) is 5.92 Å². The van der Waals surface area contributed by atoms with Gasteiger partial charge in [-0.3, -0.25) is 18.9 Å². The molecule has 1 fully saturated rings. The molecule has 3 heterocycles. The maximum atomic E-state index is 13.5. The molecule has 9 heteroatoms. The summed E-state index contributed by atoms with van der Waals surface area (Å²) in [7, 11) is 0. The Hall–Kier alpha value is -2.23. The van der Waals surface area contributed by atoms with E-state index in [1.165, 1.54) is 16.2 Å². The molecule has 36 heavy (non-hydrogen) atoms. The first kappa shape index (κ1) is 28.3. The van der Waals surface area contributed by atoms with Gasteiger partial charge in [-0.2, -0.15) is 0 Å². The first-order valence-electron chi connectivity index (χ1n) is 12.9. The Kier molecular flexibility index (Phi) is 10.5. The van der Waals surface area contributed by atoms with E-state index in [0.717, 1.165) is 37.7 Å². The highest BCUT2D eigenvalue weighted by atomic mass is 32.2. The average molecular weight is 531 g/mol. The molecule has 196 valence electrons. The third-order valence-corrected chi connectivity index (χ3v) is 7.58. The molecular weight excluding hydrogens is 492 g/mol. The summed E-state index contributed by atoms with van der Waals surface area (Å²) < 4.78 is 7.70. The molecule has 0 spiro atoms.